The second kappa shape index (κ2) is 6.65. The van der Waals surface area contributed by atoms with E-state index in [1.165, 1.54) is 12.7 Å². The number of amides is 1. The lowest BCUT2D eigenvalue weighted by Gasteiger charge is -2.22. The lowest BCUT2D eigenvalue weighted by atomic mass is 10.0. The Morgan fingerprint density at radius 3 is 2.67 bits per heavy atom. The van der Waals surface area contributed by atoms with Crippen molar-refractivity contribution >= 4 is 23.5 Å². The zero-order valence-electron chi connectivity index (χ0n) is 13.6. The summed E-state index contributed by atoms with van der Waals surface area (Å²) >= 11 is 6.23. The Morgan fingerprint density at radius 2 is 1.96 bits per heavy atom. The van der Waals surface area contributed by atoms with Gasteiger partial charge in [0.2, 0.25) is 5.91 Å². The normalized spacial score (nSPS) is 16.0. The molecule has 1 amide bonds. The average molecular weight is 344 g/mol. The summed E-state index contributed by atoms with van der Waals surface area (Å²) in [4.78, 5) is 26.6. The smallest absolute Gasteiger partial charge is 0.338 e. The SMILES string of the molecule is COC(=O)c1cccc(Cl)c1CC(=O)N1Cc2ccccc2[C@@H]1C. The van der Waals surface area contributed by atoms with Crippen LogP contribution in [-0.4, -0.2) is 23.9 Å². The molecule has 1 aliphatic rings. The monoisotopic (exact) mass is 343 g/mol. The number of fused-ring (bicyclic) bond motifs is 1. The Kier molecular flexibility index (Phi) is 4.58. The van der Waals surface area contributed by atoms with Crippen molar-refractivity contribution in [3.05, 3.63) is 69.7 Å². The topological polar surface area (TPSA) is 46.6 Å². The van der Waals surface area contributed by atoms with Crippen molar-refractivity contribution in [1.82, 2.24) is 4.90 Å². The minimum Gasteiger partial charge on any atom is -0.465 e. The summed E-state index contributed by atoms with van der Waals surface area (Å²) in [6.45, 7) is 2.59. The molecule has 0 aliphatic carbocycles. The minimum absolute atomic E-state index is 0.0118. The molecule has 0 N–H and O–H groups in total. The van der Waals surface area contributed by atoms with Crippen LogP contribution in [0.1, 0.15) is 40.0 Å². The van der Waals surface area contributed by atoms with Crippen LogP contribution in [0.3, 0.4) is 0 Å². The molecule has 1 heterocycles. The molecule has 1 aliphatic heterocycles. The summed E-state index contributed by atoms with van der Waals surface area (Å²) < 4.78 is 4.79. The molecule has 0 bridgehead atoms. The molecular weight excluding hydrogens is 326 g/mol. The molecule has 0 saturated carbocycles. The molecule has 124 valence electrons. The largest absolute Gasteiger partial charge is 0.465 e. The molecule has 2 aromatic carbocycles. The third-order valence-corrected chi connectivity index (χ3v) is 4.84. The molecule has 24 heavy (non-hydrogen) atoms. The number of hydrogen-bond donors (Lipinski definition) is 0. The van der Waals surface area contributed by atoms with E-state index in [1.807, 2.05) is 36.1 Å². The maximum absolute atomic E-state index is 12.8. The van der Waals surface area contributed by atoms with Crippen molar-refractivity contribution in [3.63, 3.8) is 0 Å². The van der Waals surface area contributed by atoms with Gasteiger partial charge in [-0.05, 0) is 35.7 Å². The fourth-order valence-electron chi connectivity index (χ4n) is 3.17. The van der Waals surface area contributed by atoms with Crippen molar-refractivity contribution in [2.24, 2.45) is 0 Å². The van der Waals surface area contributed by atoms with Gasteiger partial charge in [-0.1, -0.05) is 41.9 Å². The van der Waals surface area contributed by atoms with Crippen LogP contribution in [0.4, 0.5) is 0 Å². The first-order valence-corrected chi connectivity index (χ1v) is 8.13. The van der Waals surface area contributed by atoms with Gasteiger partial charge in [0.15, 0.2) is 0 Å². The van der Waals surface area contributed by atoms with Crippen LogP contribution in [0, 0.1) is 0 Å². The molecule has 0 radical (unpaired) electrons. The molecule has 2 aromatic rings. The first-order chi connectivity index (χ1) is 11.5. The Balaban J connectivity index is 1.86. The fourth-order valence-corrected chi connectivity index (χ4v) is 3.41. The number of carbonyl (C=O) groups is 2. The first kappa shape index (κ1) is 16.5. The summed E-state index contributed by atoms with van der Waals surface area (Å²) in [6.07, 6.45) is 0.0719. The molecule has 0 fully saturated rings. The van der Waals surface area contributed by atoms with Crippen LogP contribution < -0.4 is 0 Å². The Labute approximate surface area is 146 Å². The second-order valence-corrected chi connectivity index (χ2v) is 6.24. The Hall–Kier alpha value is -2.33. The molecule has 5 heteroatoms. The van der Waals surface area contributed by atoms with Gasteiger partial charge in [-0.2, -0.15) is 0 Å². The number of esters is 1. The highest BCUT2D eigenvalue weighted by atomic mass is 35.5. The summed E-state index contributed by atoms with van der Waals surface area (Å²) in [7, 11) is 1.31. The summed E-state index contributed by atoms with van der Waals surface area (Å²) in [5, 5.41) is 0.399. The average Bonchev–Trinajstić information content (AvgIpc) is 2.93. The van der Waals surface area contributed by atoms with Gasteiger partial charge in [0.25, 0.3) is 0 Å². The van der Waals surface area contributed by atoms with E-state index in [4.69, 9.17) is 16.3 Å². The number of carbonyl (C=O) groups excluding carboxylic acids is 2. The van der Waals surface area contributed by atoms with E-state index < -0.39 is 5.97 Å². The minimum atomic E-state index is -0.488. The molecule has 1 atom stereocenters. The molecule has 0 aromatic heterocycles. The van der Waals surface area contributed by atoms with Gasteiger partial charge in [-0.3, -0.25) is 4.79 Å². The number of halogens is 1. The zero-order valence-corrected chi connectivity index (χ0v) is 14.3. The predicted octanol–water partition coefficient (Wildman–Crippen LogP) is 3.77. The second-order valence-electron chi connectivity index (χ2n) is 5.83. The number of rotatable bonds is 3. The van der Waals surface area contributed by atoms with E-state index in [1.54, 1.807) is 18.2 Å². The predicted molar refractivity (Wildman–Crippen MR) is 91.9 cm³/mol. The van der Waals surface area contributed by atoms with Crippen molar-refractivity contribution in [2.45, 2.75) is 25.9 Å². The van der Waals surface area contributed by atoms with Gasteiger partial charge >= 0.3 is 5.97 Å². The third-order valence-electron chi connectivity index (χ3n) is 4.49. The first-order valence-electron chi connectivity index (χ1n) is 7.76. The highest BCUT2D eigenvalue weighted by molar-refractivity contribution is 6.32. The van der Waals surface area contributed by atoms with Crippen LogP contribution in [0.2, 0.25) is 5.02 Å². The van der Waals surface area contributed by atoms with Gasteiger partial charge < -0.3 is 9.64 Å². The highest BCUT2D eigenvalue weighted by Crippen LogP contribution is 2.34. The number of ether oxygens (including phenoxy) is 1. The van der Waals surface area contributed by atoms with E-state index in [0.29, 0.717) is 22.7 Å². The molecular formula is C19H18ClNO3. The zero-order chi connectivity index (χ0) is 17.3. The van der Waals surface area contributed by atoms with Gasteiger partial charge in [0.05, 0.1) is 25.1 Å². The van der Waals surface area contributed by atoms with Crippen LogP contribution in [0.15, 0.2) is 42.5 Å². The fraction of sp³-hybridized carbons (Fsp3) is 0.263. The van der Waals surface area contributed by atoms with Crippen molar-refractivity contribution in [3.8, 4) is 0 Å². The molecule has 0 saturated heterocycles. The highest BCUT2D eigenvalue weighted by Gasteiger charge is 2.31. The Bertz CT molecular complexity index is 803. The number of benzene rings is 2. The van der Waals surface area contributed by atoms with E-state index in [-0.39, 0.29) is 18.4 Å². The van der Waals surface area contributed by atoms with Crippen LogP contribution in [-0.2, 0) is 22.5 Å². The van der Waals surface area contributed by atoms with Crippen molar-refractivity contribution in [2.75, 3.05) is 7.11 Å². The van der Waals surface area contributed by atoms with E-state index in [0.717, 1.165) is 5.56 Å². The van der Waals surface area contributed by atoms with Gasteiger partial charge in [-0.15, -0.1) is 0 Å². The van der Waals surface area contributed by atoms with Gasteiger partial charge in [-0.25, -0.2) is 4.79 Å². The van der Waals surface area contributed by atoms with Crippen LogP contribution >= 0.6 is 11.6 Å². The maximum atomic E-state index is 12.8. The third kappa shape index (κ3) is 2.89. The molecule has 4 nitrogen and oxygen atoms in total. The molecule has 0 unspecified atom stereocenters. The molecule has 3 rings (SSSR count). The van der Waals surface area contributed by atoms with Crippen molar-refractivity contribution in [1.29, 1.82) is 0 Å². The van der Waals surface area contributed by atoms with E-state index in [2.05, 4.69) is 0 Å². The van der Waals surface area contributed by atoms with Gasteiger partial charge in [0, 0.05) is 11.6 Å². The lowest BCUT2D eigenvalue weighted by Crippen LogP contribution is -2.30. The number of hydrogen-bond acceptors (Lipinski definition) is 3. The number of methoxy groups -OCH3 is 1. The maximum Gasteiger partial charge on any atom is 0.338 e. The summed E-state index contributed by atoms with van der Waals surface area (Å²) in [6, 6.07) is 13.0. The lowest BCUT2D eigenvalue weighted by molar-refractivity contribution is -0.132. The van der Waals surface area contributed by atoms with E-state index in [9.17, 15) is 9.59 Å². The van der Waals surface area contributed by atoms with E-state index >= 15 is 0 Å². The van der Waals surface area contributed by atoms with Crippen molar-refractivity contribution < 1.29 is 14.3 Å². The standard InChI is InChI=1S/C19H18ClNO3/c1-12-14-7-4-3-6-13(14)11-21(12)18(22)10-16-15(19(23)24-2)8-5-9-17(16)20/h3-9,12H,10-11H2,1-2H3/t12-/m0/s1. The summed E-state index contributed by atoms with van der Waals surface area (Å²) in [5.74, 6) is -0.546. The molecule has 0 spiro atoms. The Morgan fingerprint density at radius 1 is 1.21 bits per heavy atom. The summed E-state index contributed by atoms with van der Waals surface area (Å²) in [5.41, 5.74) is 3.17. The van der Waals surface area contributed by atoms with Crippen LogP contribution in [0.5, 0.6) is 0 Å². The van der Waals surface area contributed by atoms with Gasteiger partial charge in [0.1, 0.15) is 0 Å². The quantitative estimate of drug-likeness (QED) is 0.797. The van der Waals surface area contributed by atoms with Crippen LogP contribution in [0.25, 0.3) is 0 Å². The number of nitrogens with zero attached hydrogens (tertiary/aromatic N) is 1.